The molecular formula is C9H12ClNO2S. The smallest absolute Gasteiger partial charge is 0.194 e. The van der Waals surface area contributed by atoms with E-state index in [1.807, 2.05) is 0 Å². The minimum absolute atomic E-state index is 0.242. The number of hydrogen-bond donors (Lipinski definition) is 1. The monoisotopic (exact) mass is 233 g/mol. The van der Waals surface area contributed by atoms with Gasteiger partial charge in [0.15, 0.2) is 9.84 Å². The van der Waals surface area contributed by atoms with Crippen LogP contribution in [0.5, 0.6) is 0 Å². The Balaban J connectivity index is 3.20. The zero-order valence-electron chi connectivity index (χ0n) is 7.99. The summed E-state index contributed by atoms with van der Waals surface area (Å²) in [6, 6.07) is 6.57. The molecule has 1 unspecified atom stereocenters. The Hall–Kier alpha value is -0.740. The van der Waals surface area contributed by atoms with Crippen LogP contribution >= 0.6 is 11.6 Å². The van der Waals surface area contributed by atoms with Gasteiger partial charge in [0.1, 0.15) is 4.71 Å². The first kappa shape index (κ1) is 11.3. The maximum atomic E-state index is 11.6. The number of nitrogens with one attached hydrogen (secondary N) is 1. The summed E-state index contributed by atoms with van der Waals surface area (Å²) in [5.41, 5.74) is 0.753. The highest BCUT2D eigenvalue weighted by atomic mass is 35.5. The van der Waals surface area contributed by atoms with E-state index >= 15 is 0 Å². The molecule has 1 aromatic carbocycles. The topological polar surface area (TPSA) is 46.2 Å². The van der Waals surface area contributed by atoms with Crippen LogP contribution < -0.4 is 5.32 Å². The summed E-state index contributed by atoms with van der Waals surface area (Å²) < 4.78 is 22.4. The molecular weight excluding hydrogens is 222 g/mol. The molecule has 0 spiro atoms. The Morgan fingerprint density at radius 2 is 2.07 bits per heavy atom. The van der Waals surface area contributed by atoms with E-state index < -0.39 is 14.5 Å². The van der Waals surface area contributed by atoms with E-state index in [1.165, 1.54) is 13.0 Å². The lowest BCUT2D eigenvalue weighted by Gasteiger charge is -2.07. The number of sulfone groups is 1. The molecule has 1 aromatic rings. The molecule has 0 amide bonds. The Morgan fingerprint density at radius 3 is 2.57 bits per heavy atom. The van der Waals surface area contributed by atoms with Crippen LogP contribution in [0.25, 0.3) is 0 Å². The minimum Gasteiger partial charge on any atom is -0.388 e. The lowest BCUT2D eigenvalue weighted by atomic mass is 10.3. The lowest BCUT2D eigenvalue weighted by Crippen LogP contribution is -2.11. The molecule has 0 heterocycles. The van der Waals surface area contributed by atoms with Crippen LogP contribution in [-0.4, -0.2) is 20.2 Å². The van der Waals surface area contributed by atoms with Gasteiger partial charge < -0.3 is 5.32 Å². The predicted octanol–water partition coefficient (Wildman–Crippen LogP) is 2.09. The summed E-state index contributed by atoms with van der Waals surface area (Å²) in [5.74, 6) is 0. The second-order valence-corrected chi connectivity index (χ2v) is 6.05. The van der Waals surface area contributed by atoms with Crippen molar-refractivity contribution in [2.45, 2.75) is 16.5 Å². The SMILES string of the molecule is CNc1cccc(S(=O)(=O)C(C)Cl)c1. The zero-order chi connectivity index (χ0) is 10.8. The minimum atomic E-state index is -3.38. The molecule has 0 aromatic heterocycles. The first-order chi connectivity index (χ1) is 6.48. The van der Waals surface area contributed by atoms with Crippen molar-refractivity contribution in [3.63, 3.8) is 0 Å². The molecule has 1 rings (SSSR count). The standard InChI is InChI=1S/C9H12ClNO2S/c1-7(10)14(12,13)9-5-3-4-8(6-9)11-2/h3-7,11H,1-2H3. The van der Waals surface area contributed by atoms with Gasteiger partial charge in [0.2, 0.25) is 0 Å². The summed E-state index contributed by atoms with van der Waals surface area (Å²) in [7, 11) is -1.65. The third-order valence-electron chi connectivity index (χ3n) is 1.88. The highest BCUT2D eigenvalue weighted by molar-refractivity contribution is 7.93. The number of halogens is 1. The van der Waals surface area contributed by atoms with Crippen molar-refractivity contribution in [3.05, 3.63) is 24.3 Å². The van der Waals surface area contributed by atoms with Gasteiger partial charge in [-0.25, -0.2) is 8.42 Å². The van der Waals surface area contributed by atoms with Crippen LogP contribution in [0.3, 0.4) is 0 Å². The number of rotatable bonds is 3. The van der Waals surface area contributed by atoms with Crippen molar-refractivity contribution in [3.8, 4) is 0 Å². The number of benzene rings is 1. The second kappa shape index (κ2) is 4.19. The molecule has 0 aliphatic heterocycles. The molecule has 0 radical (unpaired) electrons. The second-order valence-electron chi connectivity index (χ2n) is 2.87. The fraction of sp³-hybridized carbons (Fsp3) is 0.333. The Kier molecular flexibility index (Phi) is 3.39. The molecule has 0 aliphatic carbocycles. The Labute approximate surface area is 89.0 Å². The van der Waals surface area contributed by atoms with Gasteiger partial charge in [0.05, 0.1) is 4.90 Å². The highest BCUT2D eigenvalue weighted by Crippen LogP contribution is 2.21. The van der Waals surface area contributed by atoms with E-state index in [0.717, 1.165) is 5.69 Å². The van der Waals surface area contributed by atoms with Crippen molar-refractivity contribution in [1.29, 1.82) is 0 Å². The van der Waals surface area contributed by atoms with Gasteiger partial charge in [0.25, 0.3) is 0 Å². The molecule has 1 N–H and O–H groups in total. The largest absolute Gasteiger partial charge is 0.388 e. The van der Waals surface area contributed by atoms with Crippen LogP contribution in [0.2, 0.25) is 0 Å². The first-order valence-electron chi connectivity index (χ1n) is 4.14. The van der Waals surface area contributed by atoms with Crippen molar-refractivity contribution in [1.82, 2.24) is 0 Å². The van der Waals surface area contributed by atoms with E-state index in [1.54, 1.807) is 25.2 Å². The van der Waals surface area contributed by atoms with Gasteiger partial charge in [-0.3, -0.25) is 0 Å². The van der Waals surface area contributed by atoms with Crippen LogP contribution in [0.1, 0.15) is 6.92 Å². The van der Waals surface area contributed by atoms with E-state index in [4.69, 9.17) is 11.6 Å². The van der Waals surface area contributed by atoms with Crippen LogP contribution in [0.15, 0.2) is 29.2 Å². The molecule has 0 saturated heterocycles. The molecule has 1 atom stereocenters. The average Bonchev–Trinajstić information content (AvgIpc) is 2.17. The summed E-state index contributed by atoms with van der Waals surface area (Å²) in [4.78, 5) is 0.242. The van der Waals surface area contributed by atoms with Gasteiger partial charge in [-0.2, -0.15) is 0 Å². The summed E-state index contributed by atoms with van der Waals surface area (Å²) >= 11 is 5.59. The molecule has 3 nitrogen and oxygen atoms in total. The predicted molar refractivity (Wildman–Crippen MR) is 58.5 cm³/mol. The van der Waals surface area contributed by atoms with Gasteiger partial charge in [-0.15, -0.1) is 11.6 Å². The molecule has 0 saturated carbocycles. The van der Waals surface area contributed by atoms with Gasteiger partial charge in [-0.1, -0.05) is 6.07 Å². The van der Waals surface area contributed by atoms with Crippen molar-refractivity contribution >= 4 is 27.1 Å². The number of alkyl halides is 1. The molecule has 0 aliphatic rings. The molecule has 78 valence electrons. The van der Waals surface area contributed by atoms with Gasteiger partial charge in [-0.05, 0) is 25.1 Å². The third-order valence-corrected chi connectivity index (χ3v) is 4.35. The Bertz CT molecular complexity index is 415. The quantitative estimate of drug-likeness (QED) is 0.814. The zero-order valence-corrected chi connectivity index (χ0v) is 9.56. The van der Waals surface area contributed by atoms with Gasteiger partial charge >= 0.3 is 0 Å². The maximum absolute atomic E-state index is 11.6. The molecule has 0 bridgehead atoms. The van der Waals surface area contributed by atoms with Crippen molar-refractivity contribution in [2.75, 3.05) is 12.4 Å². The maximum Gasteiger partial charge on any atom is 0.194 e. The van der Waals surface area contributed by atoms with E-state index in [0.29, 0.717) is 0 Å². The third kappa shape index (κ3) is 2.19. The van der Waals surface area contributed by atoms with Crippen molar-refractivity contribution in [2.24, 2.45) is 0 Å². The first-order valence-corrected chi connectivity index (χ1v) is 6.12. The summed E-state index contributed by atoms with van der Waals surface area (Å²) in [5, 5.41) is 2.87. The lowest BCUT2D eigenvalue weighted by molar-refractivity contribution is 0.594. The van der Waals surface area contributed by atoms with Crippen LogP contribution in [0.4, 0.5) is 5.69 Å². The molecule has 5 heteroatoms. The summed E-state index contributed by atoms with van der Waals surface area (Å²) in [6.45, 7) is 1.45. The molecule has 0 fully saturated rings. The normalized spacial score (nSPS) is 13.6. The number of anilines is 1. The van der Waals surface area contributed by atoms with Crippen molar-refractivity contribution < 1.29 is 8.42 Å². The summed E-state index contributed by atoms with van der Waals surface area (Å²) in [6.07, 6.45) is 0. The fourth-order valence-electron chi connectivity index (χ4n) is 1.02. The fourth-order valence-corrected chi connectivity index (χ4v) is 2.26. The van der Waals surface area contributed by atoms with E-state index in [-0.39, 0.29) is 4.90 Å². The highest BCUT2D eigenvalue weighted by Gasteiger charge is 2.20. The number of hydrogen-bond acceptors (Lipinski definition) is 3. The van der Waals surface area contributed by atoms with Gasteiger partial charge in [0, 0.05) is 12.7 Å². The Morgan fingerprint density at radius 1 is 1.43 bits per heavy atom. The van der Waals surface area contributed by atoms with Crippen LogP contribution in [0, 0.1) is 0 Å². The van der Waals surface area contributed by atoms with E-state index in [9.17, 15) is 8.42 Å². The average molecular weight is 234 g/mol. The molecule has 14 heavy (non-hydrogen) atoms. The van der Waals surface area contributed by atoms with E-state index in [2.05, 4.69) is 5.32 Å². The van der Waals surface area contributed by atoms with Crippen LogP contribution in [-0.2, 0) is 9.84 Å².